The zero-order valence-corrected chi connectivity index (χ0v) is 46.7. The van der Waals surface area contributed by atoms with Crippen molar-refractivity contribution >= 4 is 81.5 Å². The maximum atomic E-state index is 13.6. The molecule has 2 saturated carbocycles. The summed E-state index contributed by atoms with van der Waals surface area (Å²) in [7, 11) is 0. The third kappa shape index (κ3) is 13.6. The standard InChI is InChI=1S/2C29H33ClF2N2O5/c2*1-28(2,3)39-27(38)16-9-11-29(4,12-10-16)15-21(35)25(36)24-23(30)22(20-6-5-13-34(20)24)26(37)33-17-7-8-18(31)19(32)14-17/h2*7-8,14,16H,5-6,9-13,15H2,1-4H3,(H,33,37). The lowest BCUT2D eigenvalue weighted by atomic mass is 9.69. The number of Topliss-reactive ketones (excluding diaryl/α,β-unsaturated/α-hetero) is 4. The zero-order valence-electron chi connectivity index (χ0n) is 45.2. The first kappa shape index (κ1) is 59.5. The molecule has 2 N–H and O–H groups in total. The van der Waals surface area contributed by atoms with E-state index < -0.39 is 80.2 Å². The number of carbonyl (C=O) groups is 8. The molecule has 2 aromatic heterocycles. The molecule has 4 aromatic rings. The van der Waals surface area contributed by atoms with Gasteiger partial charge in [0.1, 0.15) is 22.6 Å². The van der Waals surface area contributed by atoms with Crippen LogP contribution in [0.4, 0.5) is 28.9 Å². The van der Waals surface area contributed by atoms with E-state index in [-0.39, 0.29) is 80.6 Å². The van der Waals surface area contributed by atoms with Gasteiger partial charge in [-0.25, -0.2) is 17.6 Å². The molecule has 0 atom stereocenters. The summed E-state index contributed by atoms with van der Waals surface area (Å²) in [5.74, 6) is -9.33. The number of nitrogens with one attached hydrogen (secondary N) is 2. The highest BCUT2D eigenvalue weighted by molar-refractivity contribution is 6.49. The van der Waals surface area contributed by atoms with Crippen molar-refractivity contribution in [2.45, 2.75) is 170 Å². The number of nitrogens with zero attached hydrogens (tertiary/aromatic N) is 2. The number of hydrogen-bond donors (Lipinski definition) is 2. The summed E-state index contributed by atoms with van der Waals surface area (Å²) in [6.45, 7) is 15.7. The number of anilines is 2. The quantitative estimate of drug-likeness (QED) is 0.0532. The zero-order chi connectivity index (χ0) is 57.4. The van der Waals surface area contributed by atoms with Crippen LogP contribution in [0, 0.1) is 45.9 Å². The molecular formula is C58H66Cl2F4N4O10. The number of ketones is 4. The molecule has 20 heteroatoms. The SMILES string of the molecule is CC1(CC(=O)C(=O)c2c(Cl)c(C(=O)Nc3ccc(F)c(F)c3)c3n2CCC3)CCC(C(=O)OC(C)(C)C)CC1.CC1(CC(=O)C(=O)c2c(Cl)c(C(=O)Nc3ccc(F)c(F)c3)c3n2CCC3)CCC(C(=O)OC(C)(C)C)CC1. The van der Waals surface area contributed by atoms with E-state index in [2.05, 4.69) is 10.6 Å². The van der Waals surface area contributed by atoms with Crippen LogP contribution in [0.2, 0.25) is 10.0 Å². The van der Waals surface area contributed by atoms with Crippen LogP contribution < -0.4 is 10.6 Å². The number of hydrogen-bond acceptors (Lipinski definition) is 10. The van der Waals surface area contributed by atoms with Crippen molar-refractivity contribution < 1.29 is 65.4 Å². The lowest BCUT2D eigenvalue weighted by molar-refractivity contribution is -0.163. The molecule has 0 spiro atoms. The van der Waals surface area contributed by atoms with Crippen LogP contribution in [0.25, 0.3) is 0 Å². The maximum absolute atomic E-state index is 13.6. The first-order valence-electron chi connectivity index (χ1n) is 26.3. The van der Waals surface area contributed by atoms with E-state index in [0.717, 1.165) is 24.3 Å². The molecule has 420 valence electrons. The van der Waals surface area contributed by atoms with Gasteiger partial charge in [0.15, 0.2) is 23.3 Å². The summed E-state index contributed by atoms with van der Waals surface area (Å²) < 4.78 is 68.0. The van der Waals surface area contributed by atoms with Gasteiger partial charge in [0.2, 0.25) is 23.1 Å². The summed E-state index contributed by atoms with van der Waals surface area (Å²) in [6, 6.07) is 5.93. The van der Waals surface area contributed by atoms with E-state index in [1.54, 1.807) is 9.13 Å². The van der Waals surface area contributed by atoms with Crippen LogP contribution >= 0.6 is 23.2 Å². The number of fused-ring (bicyclic) bond motifs is 2. The second-order valence-corrected chi connectivity index (χ2v) is 24.5. The first-order valence-corrected chi connectivity index (χ1v) is 27.1. The average Bonchev–Trinajstić information content (AvgIpc) is 4.28. The van der Waals surface area contributed by atoms with Gasteiger partial charge >= 0.3 is 11.9 Å². The average molecular weight is 1130 g/mol. The maximum Gasteiger partial charge on any atom is 0.309 e. The molecule has 0 bridgehead atoms. The third-order valence-corrected chi connectivity index (χ3v) is 15.7. The van der Waals surface area contributed by atoms with Gasteiger partial charge < -0.3 is 29.2 Å². The predicted octanol–water partition coefficient (Wildman–Crippen LogP) is 12.6. The summed E-state index contributed by atoms with van der Waals surface area (Å²) in [5, 5.41) is 4.75. The monoisotopic (exact) mass is 1120 g/mol. The molecule has 0 radical (unpaired) electrons. The molecule has 2 fully saturated rings. The van der Waals surface area contributed by atoms with Crippen molar-refractivity contribution in [2.24, 2.45) is 22.7 Å². The van der Waals surface area contributed by atoms with Gasteiger partial charge in [-0.1, -0.05) is 37.0 Å². The Morgan fingerprint density at radius 1 is 0.564 bits per heavy atom. The topological polar surface area (TPSA) is 189 Å². The van der Waals surface area contributed by atoms with Crippen molar-refractivity contribution in [3.8, 4) is 0 Å². The summed E-state index contributed by atoms with van der Waals surface area (Å²) in [6.07, 6.45) is 6.95. The minimum absolute atomic E-state index is 0.0000993. The van der Waals surface area contributed by atoms with Gasteiger partial charge in [0, 0.05) is 60.8 Å². The highest BCUT2D eigenvalue weighted by atomic mass is 35.5. The summed E-state index contributed by atoms with van der Waals surface area (Å²) >= 11 is 13.1. The molecule has 2 aromatic carbocycles. The lowest BCUT2D eigenvalue weighted by Gasteiger charge is -2.36. The molecular weight excluding hydrogens is 1060 g/mol. The van der Waals surface area contributed by atoms with Crippen LogP contribution in [0.5, 0.6) is 0 Å². The highest BCUT2D eigenvalue weighted by Crippen LogP contribution is 2.45. The molecule has 0 saturated heterocycles. The van der Waals surface area contributed by atoms with Gasteiger partial charge in [0.25, 0.3) is 11.8 Å². The third-order valence-electron chi connectivity index (χ3n) is 15.0. The largest absolute Gasteiger partial charge is 0.460 e. The van der Waals surface area contributed by atoms with E-state index in [9.17, 15) is 55.9 Å². The fraction of sp³-hybridized carbons (Fsp3) is 0.517. The molecule has 2 aliphatic heterocycles. The van der Waals surface area contributed by atoms with Gasteiger partial charge in [0.05, 0.1) is 33.0 Å². The van der Waals surface area contributed by atoms with Crippen LogP contribution in [-0.4, -0.2) is 67.2 Å². The summed E-state index contributed by atoms with van der Waals surface area (Å²) in [4.78, 5) is 104. The smallest absolute Gasteiger partial charge is 0.309 e. The van der Waals surface area contributed by atoms with E-state index >= 15 is 0 Å². The number of benzene rings is 2. The van der Waals surface area contributed by atoms with Gasteiger partial charge in [-0.15, -0.1) is 0 Å². The van der Waals surface area contributed by atoms with Gasteiger partial charge in [-0.05, 0) is 154 Å². The van der Waals surface area contributed by atoms with Gasteiger partial charge in [-0.3, -0.25) is 38.4 Å². The van der Waals surface area contributed by atoms with Crippen molar-refractivity contribution in [1.82, 2.24) is 9.13 Å². The Labute approximate surface area is 460 Å². The summed E-state index contributed by atoms with van der Waals surface area (Å²) in [5.41, 5.74) is -0.844. The number of ether oxygens (including phenoxy) is 2. The first-order chi connectivity index (χ1) is 36.4. The van der Waals surface area contributed by atoms with Crippen LogP contribution in [0.3, 0.4) is 0 Å². The number of esters is 2. The minimum atomic E-state index is -1.11. The highest BCUT2D eigenvalue weighted by Gasteiger charge is 2.43. The number of halogens is 6. The van der Waals surface area contributed by atoms with E-state index in [1.165, 1.54) is 12.1 Å². The molecule has 14 nitrogen and oxygen atoms in total. The second-order valence-electron chi connectivity index (χ2n) is 23.7. The minimum Gasteiger partial charge on any atom is -0.460 e. The molecule has 0 unspecified atom stereocenters. The van der Waals surface area contributed by atoms with E-state index in [0.29, 0.717) is 102 Å². The van der Waals surface area contributed by atoms with Gasteiger partial charge in [-0.2, -0.15) is 0 Å². The number of aromatic nitrogens is 2. The Kier molecular flexibility index (Phi) is 17.8. The molecule has 78 heavy (non-hydrogen) atoms. The molecule has 4 aliphatic rings. The Bertz CT molecular complexity index is 2880. The van der Waals surface area contributed by atoms with Crippen LogP contribution in [0.1, 0.15) is 186 Å². The van der Waals surface area contributed by atoms with Crippen molar-refractivity contribution in [2.75, 3.05) is 10.6 Å². The van der Waals surface area contributed by atoms with E-state index in [4.69, 9.17) is 32.7 Å². The number of amides is 2. The van der Waals surface area contributed by atoms with Crippen LogP contribution in [-0.2, 0) is 54.6 Å². The fourth-order valence-electron chi connectivity index (χ4n) is 11.0. The second kappa shape index (κ2) is 23.3. The molecule has 4 heterocycles. The Balaban J connectivity index is 0.000000226. The fourth-order valence-corrected chi connectivity index (χ4v) is 11.7. The Morgan fingerprint density at radius 2 is 0.897 bits per heavy atom. The Hall–Kier alpha value is -6.14. The van der Waals surface area contributed by atoms with Crippen molar-refractivity contribution in [3.05, 3.63) is 104 Å². The number of carbonyl (C=O) groups excluding carboxylic acids is 8. The van der Waals surface area contributed by atoms with Crippen molar-refractivity contribution in [3.63, 3.8) is 0 Å². The molecule has 8 rings (SSSR count). The Morgan fingerprint density at radius 3 is 1.21 bits per heavy atom. The van der Waals surface area contributed by atoms with Crippen LogP contribution in [0.15, 0.2) is 36.4 Å². The van der Waals surface area contributed by atoms with Crippen molar-refractivity contribution in [1.29, 1.82) is 0 Å². The molecule has 2 amide bonds. The predicted molar refractivity (Wildman–Crippen MR) is 284 cm³/mol. The lowest BCUT2D eigenvalue weighted by Crippen LogP contribution is -2.35. The molecule has 2 aliphatic carbocycles. The normalized spacial score (nSPS) is 20.8. The van der Waals surface area contributed by atoms with E-state index in [1.807, 2.05) is 55.4 Å². The number of rotatable bonds is 14.